The predicted octanol–water partition coefficient (Wildman–Crippen LogP) is 1.42. The molecule has 0 aromatic heterocycles. The van der Waals surface area contributed by atoms with Crippen LogP contribution in [0.4, 0.5) is 0 Å². The summed E-state index contributed by atoms with van der Waals surface area (Å²) in [6.45, 7) is 10.3. The van der Waals surface area contributed by atoms with Crippen molar-refractivity contribution in [1.29, 1.82) is 0 Å². The Morgan fingerprint density at radius 1 is 1.89 bits per heavy atom. The number of hydrogen-bond donors (Lipinski definition) is 0. The van der Waals surface area contributed by atoms with Crippen molar-refractivity contribution in [3.05, 3.63) is 11.4 Å². The van der Waals surface area contributed by atoms with Crippen LogP contribution in [0.25, 0.3) is 4.85 Å². The van der Waals surface area contributed by atoms with Crippen LogP contribution < -0.4 is 0 Å². The Morgan fingerprint density at radius 2 is 2.56 bits per heavy atom. The number of nitrogens with zero attached hydrogens (tertiary/aromatic N) is 2. The Bertz CT molecular complexity index is 192. The second-order valence-electron chi connectivity index (χ2n) is 2.38. The van der Waals surface area contributed by atoms with Crippen LogP contribution in [0.15, 0.2) is 5.16 Å². The van der Waals surface area contributed by atoms with E-state index in [-0.39, 0.29) is 0 Å². The van der Waals surface area contributed by atoms with Gasteiger partial charge in [-0.25, -0.2) is 6.57 Å². The highest BCUT2D eigenvalue weighted by Crippen LogP contribution is 2.23. The fraction of sp³-hybridized carbons (Fsp3) is 0.667. The van der Waals surface area contributed by atoms with E-state index in [2.05, 4.69) is 10.0 Å². The van der Waals surface area contributed by atoms with Gasteiger partial charge in [0.1, 0.15) is 6.42 Å². The zero-order valence-electron chi connectivity index (χ0n) is 5.51. The van der Waals surface area contributed by atoms with Gasteiger partial charge in [0.05, 0.1) is 12.6 Å². The zero-order chi connectivity index (χ0) is 6.91. The Balaban J connectivity index is 2.67. The van der Waals surface area contributed by atoms with E-state index in [1.807, 2.05) is 6.92 Å². The van der Waals surface area contributed by atoms with Crippen LogP contribution >= 0.6 is 0 Å². The molecule has 3 nitrogen and oxygen atoms in total. The molecule has 0 bridgehead atoms. The fourth-order valence-electron chi connectivity index (χ4n) is 0.775. The zero-order valence-corrected chi connectivity index (χ0v) is 5.51. The van der Waals surface area contributed by atoms with Crippen LogP contribution in [0.1, 0.15) is 20.3 Å². The van der Waals surface area contributed by atoms with E-state index in [1.165, 1.54) is 0 Å². The lowest BCUT2D eigenvalue weighted by atomic mass is 10.1. The van der Waals surface area contributed by atoms with Gasteiger partial charge in [0.2, 0.25) is 0 Å². The van der Waals surface area contributed by atoms with Gasteiger partial charge in [-0.3, -0.25) is 4.85 Å². The molecule has 0 aromatic carbocycles. The molecule has 0 radical (unpaired) electrons. The van der Waals surface area contributed by atoms with Crippen molar-refractivity contribution in [2.24, 2.45) is 5.16 Å². The Kier molecular flexibility index (Phi) is 1.17. The van der Waals surface area contributed by atoms with E-state index in [0.29, 0.717) is 6.42 Å². The normalized spacial score (nSPS) is 32.8. The smallest absolute Gasteiger partial charge is 0.312 e. The van der Waals surface area contributed by atoms with Crippen molar-refractivity contribution >= 4 is 5.71 Å². The summed E-state index contributed by atoms with van der Waals surface area (Å²) in [7, 11) is 0. The summed E-state index contributed by atoms with van der Waals surface area (Å²) in [5, 5.41) is 3.66. The Labute approximate surface area is 54.1 Å². The average molecular weight is 124 g/mol. The SMILES string of the molecule is [C-]#[N+]C1(C)CC(C)=NO1. The van der Waals surface area contributed by atoms with Crippen LogP contribution in [0.5, 0.6) is 0 Å². The third-order valence-electron chi connectivity index (χ3n) is 1.22. The molecule has 0 aromatic rings. The van der Waals surface area contributed by atoms with Crippen molar-refractivity contribution in [2.45, 2.75) is 26.0 Å². The largest absolute Gasteiger partial charge is 0.398 e. The highest BCUT2D eigenvalue weighted by atomic mass is 16.7. The minimum absolute atomic E-state index is 0.635. The molecule has 1 rings (SSSR count). The maximum absolute atomic E-state index is 6.71. The third kappa shape index (κ3) is 1.02. The lowest BCUT2D eigenvalue weighted by molar-refractivity contribution is 0.0341. The van der Waals surface area contributed by atoms with Gasteiger partial charge < -0.3 is 4.84 Å². The summed E-state index contributed by atoms with van der Waals surface area (Å²) in [4.78, 5) is 8.12. The van der Waals surface area contributed by atoms with Crippen molar-refractivity contribution in [3.8, 4) is 0 Å². The molecule has 9 heavy (non-hydrogen) atoms. The molecular formula is C6H8N2O. The summed E-state index contributed by atoms with van der Waals surface area (Å²) in [5.74, 6) is 0. The number of hydrogen-bond acceptors (Lipinski definition) is 2. The Morgan fingerprint density at radius 3 is 2.78 bits per heavy atom. The van der Waals surface area contributed by atoms with Crippen LogP contribution in [-0.2, 0) is 4.84 Å². The van der Waals surface area contributed by atoms with Gasteiger partial charge >= 0.3 is 5.72 Å². The maximum atomic E-state index is 6.71. The summed E-state index contributed by atoms with van der Waals surface area (Å²) in [5.41, 5.74) is 0.192. The molecule has 1 atom stereocenters. The first-order valence-electron chi connectivity index (χ1n) is 2.76. The highest BCUT2D eigenvalue weighted by Gasteiger charge is 2.38. The van der Waals surface area contributed by atoms with Gasteiger partial charge in [-0.05, 0) is 6.92 Å². The molecule has 48 valence electrons. The molecule has 1 aliphatic rings. The maximum Gasteiger partial charge on any atom is 0.398 e. The van der Waals surface area contributed by atoms with Crippen LogP contribution in [0, 0.1) is 6.57 Å². The molecular weight excluding hydrogens is 116 g/mol. The molecule has 0 aliphatic carbocycles. The Hall–Kier alpha value is -1.04. The number of rotatable bonds is 0. The van der Waals surface area contributed by atoms with Crippen molar-refractivity contribution in [1.82, 2.24) is 0 Å². The molecule has 1 heterocycles. The molecule has 0 saturated heterocycles. The van der Waals surface area contributed by atoms with Crippen molar-refractivity contribution in [3.63, 3.8) is 0 Å². The van der Waals surface area contributed by atoms with Crippen LogP contribution in [0.2, 0.25) is 0 Å². The van der Waals surface area contributed by atoms with Gasteiger partial charge in [-0.2, -0.15) is 0 Å². The summed E-state index contributed by atoms with van der Waals surface area (Å²) in [6, 6.07) is 0. The average Bonchev–Trinajstić information content (AvgIpc) is 2.13. The predicted molar refractivity (Wildman–Crippen MR) is 33.8 cm³/mol. The van der Waals surface area contributed by atoms with Gasteiger partial charge in [0, 0.05) is 0 Å². The van der Waals surface area contributed by atoms with Crippen LogP contribution in [0.3, 0.4) is 0 Å². The molecule has 0 fully saturated rings. The third-order valence-corrected chi connectivity index (χ3v) is 1.22. The van der Waals surface area contributed by atoms with Gasteiger partial charge in [0.15, 0.2) is 0 Å². The minimum atomic E-state index is -0.704. The molecule has 0 N–H and O–H groups in total. The van der Waals surface area contributed by atoms with Gasteiger partial charge in [-0.15, -0.1) is 0 Å². The highest BCUT2D eigenvalue weighted by molar-refractivity contribution is 5.83. The van der Waals surface area contributed by atoms with E-state index in [9.17, 15) is 0 Å². The monoisotopic (exact) mass is 124 g/mol. The van der Waals surface area contributed by atoms with E-state index in [4.69, 9.17) is 11.4 Å². The molecule has 0 spiro atoms. The minimum Gasteiger partial charge on any atom is -0.312 e. The summed E-state index contributed by atoms with van der Waals surface area (Å²) >= 11 is 0. The molecule has 1 unspecified atom stereocenters. The van der Waals surface area contributed by atoms with E-state index >= 15 is 0 Å². The van der Waals surface area contributed by atoms with Gasteiger partial charge in [-0.1, -0.05) is 5.16 Å². The van der Waals surface area contributed by atoms with Crippen molar-refractivity contribution in [2.75, 3.05) is 0 Å². The second-order valence-corrected chi connectivity index (χ2v) is 2.38. The quantitative estimate of drug-likeness (QED) is 0.448. The first kappa shape index (κ1) is 6.09. The lowest BCUT2D eigenvalue weighted by Crippen LogP contribution is -2.17. The summed E-state index contributed by atoms with van der Waals surface area (Å²) < 4.78 is 0. The summed E-state index contributed by atoms with van der Waals surface area (Å²) in [6.07, 6.45) is 0.635. The number of oxime groups is 1. The molecule has 0 amide bonds. The second kappa shape index (κ2) is 1.73. The standard InChI is InChI=1S/C6H8N2O/c1-5-4-6(2,7-3)9-8-5/h4H2,1-2H3. The lowest BCUT2D eigenvalue weighted by Gasteiger charge is -2.04. The topological polar surface area (TPSA) is 25.9 Å². The van der Waals surface area contributed by atoms with Crippen molar-refractivity contribution < 1.29 is 4.84 Å². The fourth-order valence-corrected chi connectivity index (χ4v) is 0.775. The molecule has 0 saturated carbocycles. The van der Waals surface area contributed by atoms with E-state index in [0.717, 1.165) is 5.71 Å². The molecule has 3 heteroatoms. The van der Waals surface area contributed by atoms with Gasteiger partial charge in [0.25, 0.3) is 0 Å². The van der Waals surface area contributed by atoms with E-state index in [1.54, 1.807) is 6.92 Å². The van der Waals surface area contributed by atoms with Crippen LogP contribution in [-0.4, -0.2) is 11.4 Å². The first-order valence-corrected chi connectivity index (χ1v) is 2.76. The first-order chi connectivity index (χ1) is 4.16. The molecule has 1 aliphatic heterocycles. The van der Waals surface area contributed by atoms with E-state index < -0.39 is 5.72 Å².